The molecule has 4 heteroatoms. The van der Waals surface area contributed by atoms with E-state index in [4.69, 9.17) is 9.57 Å². The molecule has 138 valence electrons. The van der Waals surface area contributed by atoms with Crippen molar-refractivity contribution in [3.05, 3.63) is 58.7 Å². The lowest BCUT2D eigenvalue weighted by Crippen LogP contribution is -2.48. The molecule has 0 saturated heterocycles. The Bertz CT molecular complexity index is 830. The van der Waals surface area contributed by atoms with E-state index < -0.39 is 5.79 Å². The second-order valence-electron chi connectivity index (χ2n) is 9.09. The van der Waals surface area contributed by atoms with Crippen LogP contribution in [-0.4, -0.2) is 17.5 Å². The van der Waals surface area contributed by atoms with Crippen LogP contribution in [0.3, 0.4) is 0 Å². The first-order valence-electron chi connectivity index (χ1n) is 8.95. The molecule has 1 spiro atoms. The van der Waals surface area contributed by atoms with Crippen LogP contribution in [0.5, 0.6) is 0 Å². The summed E-state index contributed by atoms with van der Waals surface area (Å²) in [4.78, 5) is 18.8. The van der Waals surface area contributed by atoms with Crippen molar-refractivity contribution in [1.82, 2.24) is 0 Å². The van der Waals surface area contributed by atoms with Gasteiger partial charge in [-0.25, -0.2) is 0 Å². The fraction of sp³-hybridized carbons (Fsp3) is 0.455. The Morgan fingerprint density at radius 3 is 2.08 bits per heavy atom. The first-order valence-corrected chi connectivity index (χ1v) is 8.95. The maximum absolute atomic E-state index is 13.1. The number of allylic oxidation sites excluding steroid dienone is 2. The number of carbonyl (C=O) groups is 1. The summed E-state index contributed by atoms with van der Waals surface area (Å²) in [5, 5.41) is 4.12. The second kappa shape index (κ2) is 5.83. The van der Waals surface area contributed by atoms with Crippen LogP contribution in [-0.2, 0) is 14.4 Å². The number of ketones is 1. The van der Waals surface area contributed by atoms with Gasteiger partial charge in [0.1, 0.15) is 0 Å². The highest BCUT2D eigenvalue weighted by atomic mass is 16.8. The topological polar surface area (TPSA) is 47.9 Å². The summed E-state index contributed by atoms with van der Waals surface area (Å²) in [6.45, 7) is 14.4. The molecule has 4 nitrogen and oxygen atoms in total. The van der Waals surface area contributed by atoms with Crippen LogP contribution < -0.4 is 0 Å². The average Bonchev–Trinajstić information content (AvgIpc) is 2.94. The largest absolute Gasteiger partial charge is 0.419 e. The number of benzene rings is 1. The SMILES string of the molecule is Cc1ccc(C2=NOC3(O2)C(=O)C=C(C(C)(C)C)C=C3C(C)(C)C)cc1. The van der Waals surface area contributed by atoms with Crippen molar-refractivity contribution in [2.24, 2.45) is 16.0 Å². The van der Waals surface area contributed by atoms with Gasteiger partial charge in [-0.3, -0.25) is 4.79 Å². The fourth-order valence-electron chi connectivity index (χ4n) is 3.09. The minimum absolute atomic E-state index is 0.146. The number of ether oxygens (including phenoxy) is 1. The Labute approximate surface area is 155 Å². The molecule has 1 aliphatic carbocycles. The number of hydrogen-bond acceptors (Lipinski definition) is 4. The van der Waals surface area contributed by atoms with Crippen LogP contribution in [0.4, 0.5) is 0 Å². The molecule has 0 radical (unpaired) electrons. The van der Waals surface area contributed by atoms with Crippen molar-refractivity contribution in [2.45, 2.75) is 54.3 Å². The maximum atomic E-state index is 13.1. The molecule has 0 aromatic heterocycles. The third kappa shape index (κ3) is 3.09. The minimum atomic E-state index is -1.51. The van der Waals surface area contributed by atoms with Gasteiger partial charge in [-0.2, -0.15) is 0 Å². The molecule has 1 unspecified atom stereocenters. The maximum Gasteiger partial charge on any atom is 0.364 e. The van der Waals surface area contributed by atoms with Gasteiger partial charge >= 0.3 is 5.79 Å². The number of aryl methyl sites for hydroxylation is 1. The van der Waals surface area contributed by atoms with Crippen molar-refractivity contribution in [1.29, 1.82) is 0 Å². The van der Waals surface area contributed by atoms with Gasteiger partial charge in [0.05, 0.1) is 0 Å². The number of hydrogen-bond donors (Lipinski definition) is 0. The van der Waals surface area contributed by atoms with Gasteiger partial charge in [-0.1, -0.05) is 65.3 Å². The van der Waals surface area contributed by atoms with Crippen molar-refractivity contribution in [2.75, 3.05) is 0 Å². The lowest BCUT2D eigenvalue weighted by molar-refractivity contribution is -0.167. The molecule has 0 N–H and O–H groups in total. The first kappa shape index (κ1) is 18.4. The van der Waals surface area contributed by atoms with Crippen LogP contribution in [0.15, 0.2) is 52.7 Å². The molecule has 1 aromatic rings. The van der Waals surface area contributed by atoms with Gasteiger partial charge in [0.15, 0.2) is 0 Å². The molecular formula is C22H27NO3. The Balaban J connectivity index is 2.02. The van der Waals surface area contributed by atoms with Gasteiger partial charge in [-0.05, 0) is 46.7 Å². The summed E-state index contributed by atoms with van der Waals surface area (Å²) in [5.74, 6) is -1.39. The summed E-state index contributed by atoms with van der Waals surface area (Å²) in [5.41, 5.74) is 3.22. The van der Waals surface area contributed by atoms with Gasteiger partial charge in [-0.15, -0.1) is 0 Å². The van der Waals surface area contributed by atoms with E-state index in [1.54, 1.807) is 6.08 Å². The van der Waals surface area contributed by atoms with Crippen LogP contribution >= 0.6 is 0 Å². The summed E-state index contributed by atoms with van der Waals surface area (Å²) in [6, 6.07) is 7.79. The summed E-state index contributed by atoms with van der Waals surface area (Å²) < 4.78 is 6.09. The highest BCUT2D eigenvalue weighted by molar-refractivity contribution is 6.05. The van der Waals surface area contributed by atoms with Crippen LogP contribution in [0, 0.1) is 17.8 Å². The van der Waals surface area contributed by atoms with Crippen LogP contribution in [0.25, 0.3) is 0 Å². The van der Waals surface area contributed by atoms with E-state index in [9.17, 15) is 4.79 Å². The van der Waals surface area contributed by atoms with E-state index in [2.05, 4.69) is 46.7 Å². The Kier molecular flexibility index (Phi) is 4.13. The third-order valence-corrected chi connectivity index (χ3v) is 4.74. The fourth-order valence-corrected chi connectivity index (χ4v) is 3.09. The van der Waals surface area contributed by atoms with Crippen molar-refractivity contribution < 1.29 is 14.4 Å². The highest BCUT2D eigenvalue weighted by Gasteiger charge is 2.56. The summed E-state index contributed by atoms with van der Waals surface area (Å²) >= 11 is 0. The molecule has 1 aliphatic heterocycles. The molecule has 0 bridgehead atoms. The Morgan fingerprint density at radius 2 is 1.54 bits per heavy atom. The monoisotopic (exact) mass is 353 g/mol. The van der Waals surface area contributed by atoms with Gasteiger partial charge in [0.25, 0.3) is 5.90 Å². The lowest BCUT2D eigenvalue weighted by Gasteiger charge is -2.38. The van der Waals surface area contributed by atoms with Crippen molar-refractivity contribution >= 4 is 11.7 Å². The summed E-state index contributed by atoms with van der Waals surface area (Å²) in [7, 11) is 0. The number of carbonyl (C=O) groups excluding carboxylic acids is 1. The van der Waals surface area contributed by atoms with E-state index in [0.717, 1.165) is 22.3 Å². The molecule has 0 saturated carbocycles. The number of nitrogens with zero attached hydrogens (tertiary/aromatic N) is 1. The van der Waals surface area contributed by atoms with E-state index in [-0.39, 0.29) is 16.6 Å². The van der Waals surface area contributed by atoms with Crippen LogP contribution in [0.2, 0.25) is 0 Å². The quantitative estimate of drug-likeness (QED) is 0.719. The molecule has 0 fully saturated rings. The molecule has 0 amide bonds. The Morgan fingerprint density at radius 1 is 0.923 bits per heavy atom. The number of oxime groups is 1. The predicted octanol–water partition coefficient (Wildman–Crippen LogP) is 4.93. The zero-order valence-electron chi connectivity index (χ0n) is 16.6. The third-order valence-electron chi connectivity index (χ3n) is 4.74. The lowest BCUT2D eigenvalue weighted by atomic mass is 9.72. The van der Waals surface area contributed by atoms with Gasteiger partial charge < -0.3 is 9.57 Å². The minimum Gasteiger partial charge on any atom is -0.419 e. The van der Waals surface area contributed by atoms with E-state index in [0.29, 0.717) is 5.90 Å². The normalized spacial score (nSPS) is 23.2. The van der Waals surface area contributed by atoms with Crippen molar-refractivity contribution in [3.63, 3.8) is 0 Å². The predicted molar refractivity (Wildman–Crippen MR) is 103 cm³/mol. The molecule has 1 heterocycles. The van der Waals surface area contributed by atoms with Gasteiger partial charge in [0, 0.05) is 11.1 Å². The van der Waals surface area contributed by atoms with Gasteiger partial charge in [0.2, 0.25) is 5.78 Å². The van der Waals surface area contributed by atoms with Crippen molar-refractivity contribution in [3.8, 4) is 0 Å². The van der Waals surface area contributed by atoms with E-state index in [1.807, 2.05) is 37.3 Å². The zero-order chi connectivity index (χ0) is 19.3. The van der Waals surface area contributed by atoms with E-state index in [1.165, 1.54) is 0 Å². The standard InChI is InChI=1S/C22H27NO3/c1-14-8-10-15(11-9-14)19-23-26-22(25-19)17(21(5,6)7)12-16(13-18(22)24)20(2,3)4/h8-13H,1-7H3. The second-order valence-corrected chi connectivity index (χ2v) is 9.09. The molecular weight excluding hydrogens is 326 g/mol. The molecule has 26 heavy (non-hydrogen) atoms. The highest BCUT2D eigenvalue weighted by Crippen LogP contribution is 2.46. The number of rotatable bonds is 1. The first-order chi connectivity index (χ1) is 11.9. The summed E-state index contributed by atoms with van der Waals surface area (Å²) in [6.07, 6.45) is 3.66. The molecule has 3 rings (SSSR count). The molecule has 1 atom stereocenters. The van der Waals surface area contributed by atoms with Crippen LogP contribution in [0.1, 0.15) is 52.7 Å². The average molecular weight is 353 g/mol. The molecule has 2 aliphatic rings. The molecule has 1 aromatic carbocycles. The smallest absolute Gasteiger partial charge is 0.364 e. The van der Waals surface area contributed by atoms with E-state index >= 15 is 0 Å². The Hall–Kier alpha value is -2.36. The zero-order valence-corrected chi connectivity index (χ0v) is 16.6.